The van der Waals surface area contributed by atoms with Crippen LogP contribution in [0.4, 0.5) is 0 Å². The van der Waals surface area contributed by atoms with Crippen LogP contribution in [0.25, 0.3) is 0 Å². The molecule has 1 aromatic heterocycles. The summed E-state index contributed by atoms with van der Waals surface area (Å²) in [6.45, 7) is 0.876. The normalized spacial score (nSPS) is 12.1. The number of nitrogens with zero attached hydrogens (tertiary/aromatic N) is 2. The van der Waals surface area contributed by atoms with Crippen molar-refractivity contribution in [3.63, 3.8) is 0 Å². The van der Waals surface area contributed by atoms with E-state index in [1.807, 2.05) is 42.9 Å². The summed E-state index contributed by atoms with van der Waals surface area (Å²) in [4.78, 5) is 5.21. The van der Waals surface area contributed by atoms with E-state index in [9.17, 15) is 0 Å². The molecular weight excluding hydrogens is 387 g/mol. The molecular formula is C20H20Cl2N2OS. The average molecular weight is 407 g/mol. The maximum atomic E-state index is 6.43. The van der Waals surface area contributed by atoms with Crippen LogP contribution in [0.2, 0.25) is 10.0 Å². The molecule has 0 aliphatic heterocycles. The lowest BCUT2D eigenvalue weighted by molar-refractivity contribution is 0.414. The van der Waals surface area contributed by atoms with Gasteiger partial charge in [-0.2, -0.15) is 0 Å². The Morgan fingerprint density at radius 2 is 1.96 bits per heavy atom. The summed E-state index contributed by atoms with van der Waals surface area (Å²) in [5.74, 6) is 0.770. The number of aryl methyl sites for hydroxylation is 1. The van der Waals surface area contributed by atoms with E-state index in [0.717, 1.165) is 40.1 Å². The van der Waals surface area contributed by atoms with Crippen LogP contribution in [0.1, 0.15) is 12.0 Å². The molecule has 0 aliphatic carbocycles. The topological polar surface area (TPSA) is 27.1 Å². The first-order chi connectivity index (χ1) is 12.6. The van der Waals surface area contributed by atoms with Crippen LogP contribution in [0.15, 0.2) is 66.1 Å². The highest BCUT2D eigenvalue weighted by molar-refractivity contribution is 8.00. The van der Waals surface area contributed by atoms with Crippen LogP contribution < -0.4 is 4.74 Å². The fourth-order valence-corrected chi connectivity index (χ4v) is 4.27. The van der Waals surface area contributed by atoms with E-state index >= 15 is 0 Å². The van der Waals surface area contributed by atoms with Crippen LogP contribution in [0.3, 0.4) is 0 Å². The van der Waals surface area contributed by atoms with Crippen molar-refractivity contribution in [3.05, 3.63) is 76.8 Å². The van der Waals surface area contributed by atoms with Gasteiger partial charge in [0.2, 0.25) is 0 Å². The summed E-state index contributed by atoms with van der Waals surface area (Å²) in [7, 11) is 1.65. The van der Waals surface area contributed by atoms with Crippen molar-refractivity contribution in [1.29, 1.82) is 0 Å². The minimum Gasteiger partial charge on any atom is -0.497 e. The molecule has 0 fully saturated rings. The van der Waals surface area contributed by atoms with Crippen molar-refractivity contribution in [3.8, 4) is 5.75 Å². The quantitative estimate of drug-likeness (QED) is 0.429. The lowest BCUT2D eigenvalue weighted by atomic mass is 10.1. The van der Waals surface area contributed by atoms with E-state index in [-0.39, 0.29) is 0 Å². The SMILES string of the molecule is COc1ccc(SC(CCc2ccc(Cl)cc2)Cn2ccnc2)c(Cl)c1. The molecule has 0 radical (unpaired) electrons. The summed E-state index contributed by atoms with van der Waals surface area (Å²) in [6, 6.07) is 13.9. The number of halogens is 2. The molecule has 3 nitrogen and oxygen atoms in total. The summed E-state index contributed by atoms with van der Waals surface area (Å²) in [5, 5.41) is 1.85. The molecule has 1 atom stereocenters. The van der Waals surface area contributed by atoms with E-state index < -0.39 is 0 Å². The number of hydrogen-bond acceptors (Lipinski definition) is 3. The van der Waals surface area contributed by atoms with E-state index in [1.165, 1.54) is 5.56 Å². The summed E-state index contributed by atoms with van der Waals surface area (Å²) in [5.41, 5.74) is 1.28. The molecule has 136 valence electrons. The number of methoxy groups -OCH3 is 1. The van der Waals surface area contributed by atoms with Gasteiger partial charge >= 0.3 is 0 Å². The number of benzene rings is 2. The smallest absolute Gasteiger partial charge is 0.120 e. The second-order valence-corrected chi connectivity index (χ2v) is 8.15. The summed E-state index contributed by atoms with van der Waals surface area (Å²) < 4.78 is 7.35. The zero-order valence-corrected chi connectivity index (χ0v) is 16.8. The monoisotopic (exact) mass is 406 g/mol. The molecule has 2 aromatic carbocycles. The minimum absolute atomic E-state index is 0.366. The van der Waals surface area contributed by atoms with Gasteiger partial charge in [0.1, 0.15) is 5.75 Å². The van der Waals surface area contributed by atoms with E-state index in [4.69, 9.17) is 27.9 Å². The van der Waals surface area contributed by atoms with Gasteiger partial charge in [-0.05, 0) is 48.7 Å². The van der Waals surface area contributed by atoms with Gasteiger partial charge in [0.05, 0.1) is 18.5 Å². The Kier molecular flexibility index (Phi) is 6.89. The number of thioether (sulfide) groups is 1. The lowest BCUT2D eigenvalue weighted by Gasteiger charge is -2.18. The molecule has 26 heavy (non-hydrogen) atoms. The Labute approximate surface area is 168 Å². The Bertz CT molecular complexity index is 822. The van der Waals surface area contributed by atoms with Gasteiger partial charge in [-0.1, -0.05) is 35.3 Å². The fourth-order valence-electron chi connectivity index (χ4n) is 2.68. The van der Waals surface area contributed by atoms with E-state index in [0.29, 0.717) is 5.25 Å². The highest BCUT2D eigenvalue weighted by Crippen LogP contribution is 2.35. The molecule has 3 rings (SSSR count). The minimum atomic E-state index is 0.366. The van der Waals surface area contributed by atoms with Gasteiger partial charge in [-0.3, -0.25) is 0 Å². The van der Waals surface area contributed by atoms with Gasteiger partial charge in [0, 0.05) is 34.1 Å². The number of aromatic nitrogens is 2. The molecule has 1 heterocycles. The molecule has 6 heteroatoms. The van der Waals surface area contributed by atoms with Gasteiger partial charge in [0.15, 0.2) is 0 Å². The van der Waals surface area contributed by atoms with Crippen LogP contribution >= 0.6 is 35.0 Å². The van der Waals surface area contributed by atoms with Crippen molar-refractivity contribution >= 4 is 35.0 Å². The van der Waals surface area contributed by atoms with Crippen LogP contribution in [0, 0.1) is 0 Å². The highest BCUT2D eigenvalue weighted by atomic mass is 35.5. The van der Waals surface area contributed by atoms with Crippen molar-refractivity contribution in [1.82, 2.24) is 9.55 Å². The molecule has 0 spiro atoms. The first-order valence-electron chi connectivity index (χ1n) is 8.34. The predicted octanol–water partition coefficient (Wildman–Crippen LogP) is 5.99. The number of rotatable bonds is 8. The van der Waals surface area contributed by atoms with Crippen LogP contribution in [0.5, 0.6) is 5.75 Å². The zero-order valence-electron chi connectivity index (χ0n) is 14.4. The second kappa shape index (κ2) is 9.36. The summed E-state index contributed by atoms with van der Waals surface area (Å²) >= 11 is 14.2. The third kappa shape index (κ3) is 5.44. The largest absolute Gasteiger partial charge is 0.497 e. The molecule has 3 aromatic rings. The molecule has 0 bridgehead atoms. The van der Waals surface area contributed by atoms with E-state index in [2.05, 4.69) is 21.7 Å². The Balaban J connectivity index is 1.71. The van der Waals surface area contributed by atoms with Crippen molar-refractivity contribution in [2.45, 2.75) is 29.5 Å². The Hall–Kier alpha value is -1.62. The Morgan fingerprint density at radius 1 is 1.15 bits per heavy atom. The first kappa shape index (κ1) is 19.2. The molecule has 0 aliphatic rings. The van der Waals surface area contributed by atoms with E-state index in [1.54, 1.807) is 25.1 Å². The van der Waals surface area contributed by atoms with Gasteiger partial charge < -0.3 is 9.30 Å². The van der Waals surface area contributed by atoms with Gasteiger partial charge in [-0.25, -0.2) is 4.98 Å². The van der Waals surface area contributed by atoms with Crippen molar-refractivity contribution < 1.29 is 4.74 Å². The number of ether oxygens (including phenoxy) is 1. The standard InChI is InChI=1S/C20H20Cl2N2OS/c1-25-17-7-9-20(19(22)12-17)26-18(13-24-11-10-23-14-24)8-4-15-2-5-16(21)6-3-15/h2-3,5-7,9-12,14,18H,4,8,13H2,1H3. The van der Waals surface area contributed by atoms with Crippen molar-refractivity contribution in [2.24, 2.45) is 0 Å². The lowest BCUT2D eigenvalue weighted by Crippen LogP contribution is -2.13. The molecule has 0 amide bonds. The van der Waals surface area contributed by atoms with Crippen LogP contribution in [-0.2, 0) is 13.0 Å². The average Bonchev–Trinajstić information content (AvgIpc) is 3.15. The second-order valence-electron chi connectivity index (χ2n) is 5.96. The predicted molar refractivity (Wildman–Crippen MR) is 110 cm³/mol. The maximum Gasteiger partial charge on any atom is 0.120 e. The Morgan fingerprint density at radius 3 is 2.62 bits per heavy atom. The fraction of sp³-hybridized carbons (Fsp3) is 0.250. The van der Waals surface area contributed by atoms with Crippen LogP contribution in [-0.4, -0.2) is 21.9 Å². The maximum absolute atomic E-state index is 6.43. The first-order valence-corrected chi connectivity index (χ1v) is 9.98. The number of hydrogen-bond donors (Lipinski definition) is 0. The van der Waals surface area contributed by atoms with Gasteiger partial charge in [-0.15, -0.1) is 11.8 Å². The summed E-state index contributed by atoms with van der Waals surface area (Å²) in [6.07, 6.45) is 7.66. The molecule has 0 saturated heterocycles. The molecule has 0 saturated carbocycles. The third-order valence-corrected chi connectivity index (χ3v) is 6.08. The van der Waals surface area contributed by atoms with Gasteiger partial charge in [0.25, 0.3) is 0 Å². The molecule has 0 N–H and O–H groups in total. The van der Waals surface area contributed by atoms with Crippen molar-refractivity contribution in [2.75, 3.05) is 7.11 Å². The molecule has 1 unspecified atom stereocenters. The number of imidazole rings is 1. The zero-order chi connectivity index (χ0) is 18.4. The third-order valence-electron chi connectivity index (χ3n) is 4.07. The highest BCUT2D eigenvalue weighted by Gasteiger charge is 2.14.